The van der Waals surface area contributed by atoms with Crippen LogP contribution < -0.4 is 5.63 Å². The third-order valence-electron chi connectivity index (χ3n) is 4.76. The molecule has 0 fully saturated rings. The van der Waals surface area contributed by atoms with Gasteiger partial charge in [-0.05, 0) is 42.6 Å². The topological polar surface area (TPSA) is 95.4 Å². The molecule has 0 aliphatic rings. The molecule has 0 saturated carbocycles. The van der Waals surface area contributed by atoms with Crippen molar-refractivity contribution in [3.8, 4) is 10.6 Å². The number of esters is 1. The summed E-state index contributed by atoms with van der Waals surface area (Å²) in [6.45, 7) is 1.65. The first kappa shape index (κ1) is 19.7. The highest BCUT2D eigenvalue weighted by Crippen LogP contribution is 2.30. The van der Waals surface area contributed by atoms with Gasteiger partial charge in [-0.2, -0.15) is 0 Å². The largest absolute Gasteiger partial charge is 0.457 e. The van der Waals surface area contributed by atoms with Crippen LogP contribution in [0, 0.1) is 6.92 Å². The zero-order chi connectivity index (χ0) is 21.5. The number of hydrogen-bond acceptors (Lipinski definition) is 8. The van der Waals surface area contributed by atoms with Crippen molar-refractivity contribution in [2.45, 2.75) is 13.5 Å². The fourth-order valence-corrected chi connectivity index (χ4v) is 4.38. The summed E-state index contributed by atoms with van der Waals surface area (Å²) in [5.41, 5.74) is 2.17. The Bertz CT molecular complexity index is 1500. The summed E-state index contributed by atoms with van der Waals surface area (Å²) < 4.78 is 16.9. The van der Waals surface area contributed by atoms with E-state index in [4.69, 9.17) is 13.7 Å². The number of benzene rings is 1. The molecule has 0 amide bonds. The molecular weight excluding hydrogens is 484 g/mol. The Morgan fingerprint density at radius 1 is 1.23 bits per heavy atom. The van der Waals surface area contributed by atoms with Crippen LogP contribution in [-0.4, -0.2) is 16.1 Å². The number of thiophene rings is 1. The third-order valence-corrected chi connectivity index (χ3v) is 6.15. The smallest absolute Gasteiger partial charge is 0.339 e. The van der Waals surface area contributed by atoms with Gasteiger partial charge in [0.15, 0.2) is 0 Å². The van der Waals surface area contributed by atoms with Gasteiger partial charge in [-0.15, -0.1) is 11.3 Å². The molecule has 0 bridgehead atoms. The molecule has 0 atom stereocenters. The number of ether oxygens (including phenoxy) is 1. The third kappa shape index (κ3) is 3.66. The van der Waals surface area contributed by atoms with Crippen LogP contribution in [0.3, 0.4) is 0 Å². The number of carbonyl (C=O) groups excluding carboxylic acids is 1. The number of pyridine rings is 1. The van der Waals surface area contributed by atoms with Crippen LogP contribution in [0.1, 0.15) is 21.6 Å². The molecule has 0 radical (unpaired) electrons. The number of nitrogens with zero attached hydrogens (tertiary/aromatic N) is 2. The predicted molar refractivity (Wildman–Crippen MR) is 119 cm³/mol. The molecule has 4 aromatic heterocycles. The van der Waals surface area contributed by atoms with Gasteiger partial charge in [0, 0.05) is 21.5 Å². The van der Waals surface area contributed by atoms with Crippen LogP contribution in [0.5, 0.6) is 0 Å². The number of hydrogen-bond donors (Lipinski definition) is 0. The molecule has 0 spiro atoms. The molecule has 5 rings (SSSR count). The summed E-state index contributed by atoms with van der Waals surface area (Å²) in [6, 6.07) is 12.1. The quantitative estimate of drug-likeness (QED) is 0.240. The van der Waals surface area contributed by atoms with E-state index in [0.29, 0.717) is 38.9 Å². The molecule has 1 aromatic carbocycles. The molecule has 31 heavy (non-hydrogen) atoms. The van der Waals surface area contributed by atoms with Gasteiger partial charge in [-0.3, -0.25) is 0 Å². The molecule has 0 N–H and O–H groups in total. The second-order valence-electron chi connectivity index (χ2n) is 6.79. The van der Waals surface area contributed by atoms with Gasteiger partial charge in [0.1, 0.15) is 12.2 Å². The minimum absolute atomic E-state index is 0.0922. The number of aryl methyl sites for hydroxylation is 1. The van der Waals surface area contributed by atoms with Crippen LogP contribution >= 0.6 is 27.3 Å². The van der Waals surface area contributed by atoms with E-state index in [1.807, 2.05) is 23.6 Å². The van der Waals surface area contributed by atoms with Crippen LogP contribution in [0.25, 0.3) is 32.6 Å². The Morgan fingerprint density at radius 2 is 2.10 bits per heavy atom. The lowest BCUT2D eigenvalue weighted by Gasteiger charge is -2.09. The van der Waals surface area contributed by atoms with Crippen LogP contribution in [0.4, 0.5) is 0 Å². The first-order valence-electron chi connectivity index (χ1n) is 9.20. The number of carbonyl (C=O) groups is 1. The minimum Gasteiger partial charge on any atom is -0.457 e. The maximum atomic E-state index is 13.1. The SMILES string of the molecule is Cc1noc2nc(-c3cccs3)cc(C(=O)OCc3cc(=O)oc4cc(Br)ccc34)c12. The van der Waals surface area contributed by atoms with Crippen LogP contribution in [0.2, 0.25) is 0 Å². The van der Waals surface area contributed by atoms with Crippen molar-refractivity contribution >= 4 is 55.3 Å². The Balaban J connectivity index is 1.52. The van der Waals surface area contributed by atoms with E-state index in [1.165, 1.54) is 17.4 Å². The van der Waals surface area contributed by atoms with E-state index in [1.54, 1.807) is 25.1 Å². The molecule has 5 aromatic rings. The summed E-state index contributed by atoms with van der Waals surface area (Å²) in [6.07, 6.45) is 0. The first-order valence-corrected chi connectivity index (χ1v) is 10.9. The van der Waals surface area contributed by atoms with E-state index in [-0.39, 0.29) is 12.3 Å². The van der Waals surface area contributed by atoms with Crippen molar-refractivity contribution in [3.63, 3.8) is 0 Å². The molecule has 0 aliphatic carbocycles. The zero-order valence-corrected chi connectivity index (χ0v) is 18.5. The van der Waals surface area contributed by atoms with Crippen molar-refractivity contribution in [3.05, 3.63) is 79.6 Å². The lowest BCUT2D eigenvalue weighted by Crippen LogP contribution is -2.09. The van der Waals surface area contributed by atoms with Gasteiger partial charge < -0.3 is 13.7 Å². The van der Waals surface area contributed by atoms with Gasteiger partial charge in [0.25, 0.3) is 5.71 Å². The normalized spacial score (nSPS) is 11.3. The molecule has 0 aliphatic heterocycles. The van der Waals surface area contributed by atoms with E-state index in [9.17, 15) is 9.59 Å². The summed E-state index contributed by atoms with van der Waals surface area (Å²) >= 11 is 4.86. The van der Waals surface area contributed by atoms with E-state index < -0.39 is 11.6 Å². The van der Waals surface area contributed by atoms with Crippen molar-refractivity contribution in [2.75, 3.05) is 0 Å². The lowest BCUT2D eigenvalue weighted by molar-refractivity contribution is 0.0476. The van der Waals surface area contributed by atoms with Crippen molar-refractivity contribution in [1.82, 2.24) is 10.1 Å². The van der Waals surface area contributed by atoms with E-state index in [0.717, 1.165) is 9.35 Å². The number of fused-ring (bicyclic) bond motifs is 2. The second kappa shape index (κ2) is 7.75. The summed E-state index contributed by atoms with van der Waals surface area (Å²) in [7, 11) is 0. The molecule has 4 heterocycles. The monoisotopic (exact) mass is 496 g/mol. The lowest BCUT2D eigenvalue weighted by atomic mass is 10.1. The van der Waals surface area contributed by atoms with Crippen LogP contribution in [0.15, 0.2) is 66.1 Å². The molecule has 154 valence electrons. The number of aromatic nitrogens is 2. The predicted octanol–water partition coefficient (Wildman–Crippen LogP) is 5.49. The second-order valence-corrected chi connectivity index (χ2v) is 8.65. The molecule has 0 saturated heterocycles. The van der Waals surface area contributed by atoms with Gasteiger partial charge >= 0.3 is 11.6 Å². The Morgan fingerprint density at radius 3 is 2.90 bits per heavy atom. The standard InChI is InChI=1S/C22H13BrN2O5S/c1-11-20-15(9-16(18-3-2-6-31-18)24-21(20)30-25-11)22(27)28-10-12-7-19(26)29-17-8-13(23)4-5-14(12)17/h2-9H,10H2,1H3. The highest BCUT2D eigenvalue weighted by molar-refractivity contribution is 9.10. The highest BCUT2D eigenvalue weighted by Gasteiger charge is 2.21. The van der Waals surface area contributed by atoms with Crippen molar-refractivity contribution < 1.29 is 18.5 Å². The number of rotatable bonds is 4. The van der Waals surface area contributed by atoms with Gasteiger partial charge in [0.05, 0.1) is 27.2 Å². The summed E-state index contributed by atoms with van der Waals surface area (Å²) in [5.74, 6) is -0.560. The van der Waals surface area contributed by atoms with Gasteiger partial charge in [-0.1, -0.05) is 27.2 Å². The number of halogens is 1. The summed E-state index contributed by atoms with van der Waals surface area (Å²) in [5, 5.41) is 7.06. The molecule has 0 unspecified atom stereocenters. The summed E-state index contributed by atoms with van der Waals surface area (Å²) in [4.78, 5) is 30.4. The Hall–Kier alpha value is -3.30. The Labute approximate surface area is 187 Å². The van der Waals surface area contributed by atoms with Gasteiger partial charge in [0.2, 0.25) is 0 Å². The van der Waals surface area contributed by atoms with Crippen LogP contribution in [-0.2, 0) is 11.3 Å². The average Bonchev–Trinajstić information content (AvgIpc) is 3.41. The molecule has 7 nitrogen and oxygen atoms in total. The van der Waals surface area contributed by atoms with E-state index >= 15 is 0 Å². The molecular formula is C22H13BrN2O5S. The Kier molecular flexibility index (Phi) is 4.91. The maximum Gasteiger partial charge on any atom is 0.339 e. The first-order chi connectivity index (χ1) is 15.0. The zero-order valence-electron chi connectivity index (χ0n) is 16.0. The minimum atomic E-state index is -0.560. The highest BCUT2D eigenvalue weighted by atomic mass is 79.9. The van der Waals surface area contributed by atoms with Gasteiger partial charge in [-0.25, -0.2) is 14.6 Å². The van der Waals surface area contributed by atoms with Crippen molar-refractivity contribution in [2.24, 2.45) is 0 Å². The fourth-order valence-electron chi connectivity index (χ4n) is 3.35. The fraction of sp³-hybridized carbons (Fsp3) is 0.0909. The molecule has 9 heteroatoms. The average molecular weight is 497 g/mol. The van der Waals surface area contributed by atoms with E-state index in [2.05, 4.69) is 26.1 Å². The van der Waals surface area contributed by atoms with Crippen molar-refractivity contribution in [1.29, 1.82) is 0 Å². The maximum absolute atomic E-state index is 13.1.